The van der Waals surface area contributed by atoms with Gasteiger partial charge in [0.1, 0.15) is 5.75 Å². The molecular weight excluding hydrogens is 375 g/mol. The number of rotatable bonds is 7. The number of hydrogen-bond acceptors (Lipinski definition) is 4. The summed E-state index contributed by atoms with van der Waals surface area (Å²) >= 11 is 1.61. The SMILES string of the molecule is CC(C)C(NC(=O)/C=C/c1ccc(Oc2cccnc2)c(F)c1)c1cccs1. The minimum Gasteiger partial charge on any atom is -0.453 e. The van der Waals surface area contributed by atoms with Gasteiger partial charge in [-0.1, -0.05) is 26.0 Å². The Morgan fingerprint density at radius 2 is 2.11 bits per heavy atom. The molecule has 1 atom stereocenters. The number of thiophene rings is 1. The van der Waals surface area contributed by atoms with Crippen molar-refractivity contribution in [2.75, 3.05) is 0 Å². The number of aromatic nitrogens is 1. The Morgan fingerprint density at radius 3 is 2.75 bits per heavy atom. The molecule has 2 heterocycles. The van der Waals surface area contributed by atoms with Crippen molar-refractivity contribution in [3.05, 3.63) is 82.6 Å². The van der Waals surface area contributed by atoms with E-state index < -0.39 is 5.82 Å². The van der Waals surface area contributed by atoms with Crippen molar-refractivity contribution >= 4 is 23.3 Å². The molecule has 28 heavy (non-hydrogen) atoms. The van der Waals surface area contributed by atoms with Crippen LogP contribution >= 0.6 is 11.3 Å². The molecule has 1 N–H and O–H groups in total. The lowest BCUT2D eigenvalue weighted by atomic mass is 10.0. The number of hydrogen-bond donors (Lipinski definition) is 1. The van der Waals surface area contributed by atoms with Crippen molar-refractivity contribution in [1.29, 1.82) is 0 Å². The van der Waals surface area contributed by atoms with Crippen LogP contribution in [0, 0.1) is 11.7 Å². The van der Waals surface area contributed by atoms with Gasteiger partial charge in [-0.15, -0.1) is 11.3 Å². The highest BCUT2D eigenvalue weighted by Gasteiger charge is 2.18. The Balaban J connectivity index is 1.65. The maximum absolute atomic E-state index is 14.3. The zero-order chi connectivity index (χ0) is 19.9. The lowest BCUT2D eigenvalue weighted by molar-refractivity contribution is -0.117. The van der Waals surface area contributed by atoms with E-state index in [1.165, 1.54) is 24.4 Å². The predicted molar refractivity (Wildman–Crippen MR) is 110 cm³/mol. The molecule has 0 aliphatic rings. The highest BCUT2D eigenvalue weighted by Crippen LogP contribution is 2.26. The second-order valence-corrected chi connectivity index (χ2v) is 7.54. The van der Waals surface area contributed by atoms with E-state index in [2.05, 4.69) is 24.1 Å². The third-order valence-corrected chi connectivity index (χ3v) is 5.01. The van der Waals surface area contributed by atoms with Gasteiger partial charge in [0, 0.05) is 17.2 Å². The molecule has 2 aromatic heterocycles. The van der Waals surface area contributed by atoms with Crippen LogP contribution in [0.15, 0.2) is 66.3 Å². The molecule has 6 heteroatoms. The summed E-state index contributed by atoms with van der Waals surface area (Å²) in [6.45, 7) is 4.12. The van der Waals surface area contributed by atoms with Gasteiger partial charge in [0.2, 0.25) is 5.91 Å². The molecule has 1 unspecified atom stereocenters. The van der Waals surface area contributed by atoms with Crippen LogP contribution in [-0.2, 0) is 4.79 Å². The van der Waals surface area contributed by atoms with E-state index >= 15 is 0 Å². The number of carbonyl (C=O) groups excluding carboxylic acids is 1. The number of benzene rings is 1. The van der Waals surface area contributed by atoms with Crippen molar-refractivity contribution < 1.29 is 13.9 Å². The second kappa shape index (κ2) is 9.28. The third kappa shape index (κ3) is 5.27. The molecule has 1 amide bonds. The number of amides is 1. The Bertz CT molecular complexity index is 940. The topological polar surface area (TPSA) is 51.2 Å². The fourth-order valence-corrected chi connectivity index (χ4v) is 3.59. The van der Waals surface area contributed by atoms with Gasteiger partial charge in [0.25, 0.3) is 0 Å². The van der Waals surface area contributed by atoms with Crippen molar-refractivity contribution in [2.24, 2.45) is 5.92 Å². The summed E-state index contributed by atoms with van der Waals surface area (Å²) in [6.07, 6.45) is 6.12. The van der Waals surface area contributed by atoms with Crippen LogP contribution in [0.5, 0.6) is 11.5 Å². The molecule has 0 fully saturated rings. The zero-order valence-corrected chi connectivity index (χ0v) is 16.4. The average molecular weight is 396 g/mol. The second-order valence-electron chi connectivity index (χ2n) is 6.56. The number of nitrogens with one attached hydrogen (secondary N) is 1. The molecule has 0 aliphatic carbocycles. The fraction of sp³-hybridized carbons (Fsp3) is 0.182. The van der Waals surface area contributed by atoms with Crippen molar-refractivity contribution in [1.82, 2.24) is 10.3 Å². The van der Waals surface area contributed by atoms with Crippen LogP contribution in [0.1, 0.15) is 30.3 Å². The molecule has 0 spiro atoms. The van der Waals surface area contributed by atoms with Gasteiger partial charge in [-0.25, -0.2) is 4.39 Å². The van der Waals surface area contributed by atoms with E-state index in [0.717, 1.165) is 4.88 Å². The first-order valence-corrected chi connectivity index (χ1v) is 9.80. The highest BCUT2D eigenvalue weighted by atomic mass is 32.1. The highest BCUT2D eigenvalue weighted by molar-refractivity contribution is 7.10. The molecule has 1 aromatic carbocycles. The quantitative estimate of drug-likeness (QED) is 0.529. The summed E-state index contributed by atoms with van der Waals surface area (Å²) in [5.41, 5.74) is 0.573. The predicted octanol–water partition coefficient (Wildman–Crippen LogP) is 5.60. The van der Waals surface area contributed by atoms with Crippen LogP contribution < -0.4 is 10.1 Å². The summed E-state index contributed by atoms with van der Waals surface area (Å²) in [4.78, 5) is 17.3. The van der Waals surface area contributed by atoms with Crippen LogP contribution in [-0.4, -0.2) is 10.9 Å². The summed E-state index contributed by atoms with van der Waals surface area (Å²) < 4.78 is 19.8. The van der Waals surface area contributed by atoms with Gasteiger partial charge in [-0.3, -0.25) is 9.78 Å². The minimum absolute atomic E-state index is 0.0517. The van der Waals surface area contributed by atoms with Crippen LogP contribution in [0.3, 0.4) is 0 Å². The smallest absolute Gasteiger partial charge is 0.244 e. The molecular formula is C22H21FN2O2S. The van der Waals surface area contributed by atoms with Gasteiger partial charge in [0.15, 0.2) is 11.6 Å². The summed E-state index contributed by atoms with van der Waals surface area (Å²) in [6, 6.07) is 11.9. The Morgan fingerprint density at radius 1 is 1.25 bits per heavy atom. The maximum Gasteiger partial charge on any atom is 0.244 e. The molecule has 0 saturated heterocycles. The van der Waals surface area contributed by atoms with E-state index in [4.69, 9.17) is 4.74 Å². The van der Waals surface area contributed by atoms with Crippen LogP contribution in [0.2, 0.25) is 0 Å². The first-order chi connectivity index (χ1) is 13.5. The minimum atomic E-state index is -0.509. The number of nitrogens with zero attached hydrogens (tertiary/aromatic N) is 1. The summed E-state index contributed by atoms with van der Waals surface area (Å²) in [7, 11) is 0. The molecule has 4 nitrogen and oxygen atoms in total. The monoisotopic (exact) mass is 396 g/mol. The maximum atomic E-state index is 14.3. The van der Waals surface area contributed by atoms with E-state index in [1.54, 1.807) is 41.8 Å². The Kier molecular flexibility index (Phi) is 6.55. The van der Waals surface area contributed by atoms with Gasteiger partial charge >= 0.3 is 0 Å². The van der Waals surface area contributed by atoms with Gasteiger partial charge in [0.05, 0.1) is 12.2 Å². The van der Waals surface area contributed by atoms with E-state index in [1.807, 2.05) is 17.5 Å². The number of ether oxygens (including phenoxy) is 1. The van der Waals surface area contributed by atoms with Crippen LogP contribution in [0.4, 0.5) is 4.39 Å². The Labute approximate surface area is 167 Å². The standard InChI is InChI=1S/C22H21FN2O2S/c1-15(2)22(20-6-4-12-28-20)25-21(26)10-8-16-7-9-19(18(23)13-16)27-17-5-3-11-24-14-17/h3-15,22H,1-2H3,(H,25,26)/b10-8+. The summed E-state index contributed by atoms with van der Waals surface area (Å²) in [5.74, 6) is 0.0927. The fourth-order valence-electron chi connectivity index (χ4n) is 2.65. The normalized spacial score (nSPS) is 12.3. The molecule has 3 rings (SSSR count). The first kappa shape index (κ1) is 19.8. The average Bonchev–Trinajstić information content (AvgIpc) is 3.21. The molecule has 0 radical (unpaired) electrons. The van der Waals surface area contributed by atoms with Gasteiger partial charge < -0.3 is 10.1 Å². The number of carbonyl (C=O) groups is 1. The molecule has 0 saturated carbocycles. The number of halogens is 1. The van der Waals surface area contributed by atoms with E-state index in [-0.39, 0.29) is 23.6 Å². The van der Waals surface area contributed by atoms with E-state index in [0.29, 0.717) is 11.3 Å². The lowest BCUT2D eigenvalue weighted by Crippen LogP contribution is -2.29. The summed E-state index contributed by atoms with van der Waals surface area (Å²) in [5, 5.41) is 5.00. The van der Waals surface area contributed by atoms with Gasteiger partial charge in [-0.05, 0) is 53.3 Å². The van der Waals surface area contributed by atoms with Crippen molar-refractivity contribution in [3.63, 3.8) is 0 Å². The van der Waals surface area contributed by atoms with Gasteiger partial charge in [-0.2, -0.15) is 0 Å². The molecule has 3 aromatic rings. The molecule has 144 valence electrons. The first-order valence-electron chi connectivity index (χ1n) is 8.92. The van der Waals surface area contributed by atoms with Crippen LogP contribution in [0.25, 0.3) is 6.08 Å². The Hall–Kier alpha value is -2.99. The largest absolute Gasteiger partial charge is 0.453 e. The lowest BCUT2D eigenvalue weighted by Gasteiger charge is -2.20. The zero-order valence-electron chi connectivity index (χ0n) is 15.6. The van der Waals surface area contributed by atoms with Crippen molar-refractivity contribution in [2.45, 2.75) is 19.9 Å². The molecule has 0 aliphatic heterocycles. The molecule has 0 bridgehead atoms. The van der Waals surface area contributed by atoms with Crippen molar-refractivity contribution in [3.8, 4) is 11.5 Å². The number of pyridine rings is 1. The van der Waals surface area contributed by atoms with E-state index in [9.17, 15) is 9.18 Å². The third-order valence-electron chi connectivity index (χ3n) is 4.06.